The van der Waals surface area contributed by atoms with Crippen molar-refractivity contribution < 1.29 is 9.59 Å². The number of hydrogen-bond donors (Lipinski definition) is 3. The van der Waals surface area contributed by atoms with E-state index in [9.17, 15) is 9.59 Å². The van der Waals surface area contributed by atoms with E-state index in [1.54, 1.807) is 13.8 Å². The number of anilines is 2. The van der Waals surface area contributed by atoms with Crippen molar-refractivity contribution in [1.82, 2.24) is 0 Å². The molecule has 0 unspecified atom stereocenters. The Balaban J connectivity index is 3.32. The molecule has 18 heavy (non-hydrogen) atoms. The molecule has 0 fully saturated rings. The fourth-order valence-electron chi connectivity index (χ4n) is 1.50. The van der Waals surface area contributed by atoms with Crippen LogP contribution in [-0.4, -0.2) is 17.7 Å². The van der Waals surface area contributed by atoms with Gasteiger partial charge in [-0.15, -0.1) is 11.3 Å². The van der Waals surface area contributed by atoms with Crippen LogP contribution in [0.2, 0.25) is 0 Å². The maximum absolute atomic E-state index is 12.0. The highest BCUT2D eigenvalue weighted by Crippen LogP contribution is 2.37. The predicted octanol–water partition coefficient (Wildman–Crippen LogP) is 2.09. The highest BCUT2D eigenvalue weighted by atomic mass is 32.1. The number of ketones is 1. The molecule has 5 nitrogen and oxygen atoms in total. The molecule has 0 aliphatic carbocycles. The normalized spacial score (nSPS) is 11.0. The van der Waals surface area contributed by atoms with Crippen molar-refractivity contribution in [3.05, 3.63) is 10.4 Å². The van der Waals surface area contributed by atoms with E-state index in [0.29, 0.717) is 9.88 Å². The lowest BCUT2D eigenvalue weighted by Gasteiger charge is -2.08. The standard InChI is InChI=1S/C12H19N3O2S/c1-5(2)9(16)10-8(13)7(11(14)17)12(18-10)15-6(3)4/h5-6,15H,13H2,1-4H3,(H2,14,17). The number of amides is 1. The molecule has 0 aliphatic rings. The molecule has 1 heterocycles. The summed E-state index contributed by atoms with van der Waals surface area (Å²) in [4.78, 5) is 23.8. The van der Waals surface area contributed by atoms with Crippen molar-refractivity contribution in [3.63, 3.8) is 0 Å². The SMILES string of the molecule is CC(C)Nc1sc(C(=O)C(C)C)c(N)c1C(N)=O. The van der Waals surface area contributed by atoms with Crippen LogP contribution in [-0.2, 0) is 0 Å². The summed E-state index contributed by atoms with van der Waals surface area (Å²) in [6.07, 6.45) is 0. The number of carbonyl (C=O) groups is 2. The Kier molecular flexibility index (Phi) is 4.34. The Morgan fingerprint density at radius 1 is 1.22 bits per heavy atom. The van der Waals surface area contributed by atoms with Crippen LogP contribution in [0.4, 0.5) is 10.7 Å². The smallest absolute Gasteiger partial charge is 0.253 e. The largest absolute Gasteiger partial charge is 0.397 e. The second-order valence-corrected chi connectivity index (χ2v) is 5.75. The fourth-order valence-corrected chi connectivity index (χ4v) is 2.86. The van der Waals surface area contributed by atoms with Gasteiger partial charge in [0.1, 0.15) is 5.00 Å². The number of hydrogen-bond acceptors (Lipinski definition) is 5. The quantitative estimate of drug-likeness (QED) is 0.713. The van der Waals surface area contributed by atoms with E-state index >= 15 is 0 Å². The van der Waals surface area contributed by atoms with Crippen LogP contribution in [0, 0.1) is 5.92 Å². The van der Waals surface area contributed by atoms with Gasteiger partial charge >= 0.3 is 0 Å². The van der Waals surface area contributed by atoms with Crippen LogP contribution < -0.4 is 16.8 Å². The van der Waals surface area contributed by atoms with Crippen molar-refractivity contribution >= 4 is 33.7 Å². The van der Waals surface area contributed by atoms with Gasteiger partial charge in [-0.1, -0.05) is 13.8 Å². The van der Waals surface area contributed by atoms with Crippen LogP contribution in [0.5, 0.6) is 0 Å². The summed E-state index contributed by atoms with van der Waals surface area (Å²) in [6, 6.07) is 0.128. The van der Waals surface area contributed by atoms with Gasteiger partial charge in [0, 0.05) is 12.0 Å². The summed E-state index contributed by atoms with van der Waals surface area (Å²) in [5, 5.41) is 3.66. The summed E-state index contributed by atoms with van der Waals surface area (Å²) in [5.74, 6) is -0.856. The number of primary amides is 1. The Hall–Kier alpha value is -1.56. The van der Waals surface area contributed by atoms with Crippen LogP contribution in [0.1, 0.15) is 47.7 Å². The number of thiophene rings is 1. The zero-order valence-electron chi connectivity index (χ0n) is 11.0. The third-order valence-electron chi connectivity index (χ3n) is 2.36. The summed E-state index contributed by atoms with van der Waals surface area (Å²) < 4.78 is 0. The van der Waals surface area contributed by atoms with E-state index in [4.69, 9.17) is 11.5 Å². The van der Waals surface area contributed by atoms with Crippen molar-refractivity contribution in [1.29, 1.82) is 0 Å². The molecule has 6 heteroatoms. The molecule has 5 N–H and O–H groups in total. The second-order valence-electron chi connectivity index (χ2n) is 4.73. The molecule has 1 aromatic heterocycles. The van der Waals surface area contributed by atoms with Crippen molar-refractivity contribution in [2.75, 3.05) is 11.1 Å². The van der Waals surface area contributed by atoms with Gasteiger partial charge in [-0.05, 0) is 13.8 Å². The van der Waals surface area contributed by atoms with Gasteiger partial charge in [-0.2, -0.15) is 0 Å². The predicted molar refractivity (Wildman–Crippen MR) is 75.2 cm³/mol. The van der Waals surface area contributed by atoms with Crippen LogP contribution >= 0.6 is 11.3 Å². The molecule has 0 aromatic carbocycles. The van der Waals surface area contributed by atoms with Gasteiger partial charge < -0.3 is 16.8 Å². The number of nitrogens with one attached hydrogen (secondary N) is 1. The fraction of sp³-hybridized carbons (Fsp3) is 0.500. The molecule has 0 atom stereocenters. The Labute approximate surface area is 111 Å². The first-order valence-corrected chi connectivity index (χ1v) is 6.60. The molecule has 1 amide bonds. The van der Waals surface area contributed by atoms with Gasteiger partial charge in [-0.3, -0.25) is 9.59 Å². The average molecular weight is 269 g/mol. The molecular weight excluding hydrogens is 250 g/mol. The van der Waals surface area contributed by atoms with Crippen LogP contribution in [0.25, 0.3) is 0 Å². The molecule has 0 saturated heterocycles. The van der Waals surface area contributed by atoms with Gasteiger partial charge in [0.25, 0.3) is 5.91 Å². The monoisotopic (exact) mass is 269 g/mol. The van der Waals surface area contributed by atoms with E-state index in [1.165, 1.54) is 11.3 Å². The molecule has 0 radical (unpaired) electrons. The first-order valence-electron chi connectivity index (χ1n) is 5.78. The van der Waals surface area contributed by atoms with Crippen molar-refractivity contribution in [2.24, 2.45) is 11.7 Å². The van der Waals surface area contributed by atoms with E-state index in [2.05, 4.69) is 5.32 Å². The lowest BCUT2D eigenvalue weighted by Crippen LogP contribution is -2.17. The number of Topliss-reactive ketones (excluding diaryl/α,β-unsaturated/α-hetero) is 1. The lowest BCUT2D eigenvalue weighted by atomic mass is 10.1. The van der Waals surface area contributed by atoms with E-state index in [-0.39, 0.29) is 29.0 Å². The van der Waals surface area contributed by atoms with Gasteiger partial charge in [0.05, 0.1) is 16.1 Å². The zero-order chi connectivity index (χ0) is 14.0. The first kappa shape index (κ1) is 14.5. The summed E-state index contributed by atoms with van der Waals surface area (Å²) in [6.45, 7) is 7.46. The van der Waals surface area contributed by atoms with Crippen LogP contribution in [0.15, 0.2) is 0 Å². The maximum atomic E-state index is 12.0. The molecule has 0 spiro atoms. The number of rotatable bonds is 5. The molecule has 0 aliphatic heterocycles. The summed E-state index contributed by atoms with van der Waals surface area (Å²) in [7, 11) is 0. The van der Waals surface area contributed by atoms with Gasteiger partial charge in [0.15, 0.2) is 5.78 Å². The number of nitrogen functional groups attached to an aromatic ring is 1. The summed E-state index contributed by atoms with van der Waals surface area (Å²) >= 11 is 1.19. The number of nitrogens with two attached hydrogens (primary N) is 2. The minimum absolute atomic E-state index is 0.0724. The number of carbonyl (C=O) groups excluding carboxylic acids is 2. The molecule has 0 saturated carbocycles. The summed E-state index contributed by atoms with van der Waals surface area (Å²) in [5.41, 5.74) is 11.6. The van der Waals surface area contributed by atoms with E-state index in [0.717, 1.165) is 0 Å². The van der Waals surface area contributed by atoms with E-state index in [1.807, 2.05) is 13.8 Å². The Morgan fingerprint density at radius 3 is 2.17 bits per heavy atom. The molecular formula is C12H19N3O2S. The third-order valence-corrected chi connectivity index (χ3v) is 3.51. The first-order chi connectivity index (χ1) is 8.25. The highest BCUT2D eigenvalue weighted by Gasteiger charge is 2.25. The Bertz CT molecular complexity index is 478. The third kappa shape index (κ3) is 2.81. The van der Waals surface area contributed by atoms with Gasteiger partial charge in [-0.25, -0.2) is 0 Å². The molecule has 0 bridgehead atoms. The average Bonchev–Trinajstić information content (AvgIpc) is 2.53. The van der Waals surface area contributed by atoms with Crippen molar-refractivity contribution in [2.45, 2.75) is 33.7 Å². The second kappa shape index (κ2) is 5.39. The molecule has 1 rings (SSSR count). The maximum Gasteiger partial charge on any atom is 0.253 e. The van der Waals surface area contributed by atoms with Crippen LogP contribution in [0.3, 0.4) is 0 Å². The minimum atomic E-state index is -0.616. The topological polar surface area (TPSA) is 98.2 Å². The molecule has 1 aromatic rings. The lowest BCUT2D eigenvalue weighted by molar-refractivity contribution is 0.0944. The van der Waals surface area contributed by atoms with E-state index < -0.39 is 5.91 Å². The van der Waals surface area contributed by atoms with Gasteiger partial charge in [0.2, 0.25) is 0 Å². The highest BCUT2D eigenvalue weighted by molar-refractivity contribution is 7.19. The molecule has 100 valence electrons. The Morgan fingerprint density at radius 2 is 1.78 bits per heavy atom. The van der Waals surface area contributed by atoms with Crippen molar-refractivity contribution in [3.8, 4) is 0 Å². The zero-order valence-corrected chi connectivity index (χ0v) is 11.9. The minimum Gasteiger partial charge on any atom is -0.397 e.